The van der Waals surface area contributed by atoms with Crippen LogP contribution in [0.25, 0.3) is 0 Å². The monoisotopic (exact) mass is 367 g/mol. The van der Waals surface area contributed by atoms with E-state index in [4.69, 9.17) is 0 Å². The van der Waals surface area contributed by atoms with E-state index in [0.29, 0.717) is 24.7 Å². The van der Waals surface area contributed by atoms with Crippen LogP contribution in [0.2, 0.25) is 0 Å². The molecule has 0 bridgehead atoms. The van der Waals surface area contributed by atoms with E-state index in [2.05, 4.69) is 21.9 Å². The first-order valence-electron chi connectivity index (χ1n) is 9.06. The summed E-state index contributed by atoms with van der Waals surface area (Å²) in [5.41, 5.74) is 0.474. The number of rotatable bonds is 8. The van der Waals surface area contributed by atoms with E-state index < -0.39 is 10.0 Å². The van der Waals surface area contributed by atoms with E-state index in [0.717, 1.165) is 19.5 Å². The second-order valence-electron chi connectivity index (χ2n) is 6.52. The summed E-state index contributed by atoms with van der Waals surface area (Å²) in [6.45, 7) is 7.10. The van der Waals surface area contributed by atoms with Crippen molar-refractivity contribution in [3.63, 3.8) is 0 Å². The standard InChI is InChI=1S/C18H29N3O3S/c1-3-20-25(23,24)17-10-8-16(9-11-17)18(22)19-12-6-14-21-13-5-4-7-15(21)2/h8-11,15,20H,3-7,12-14H2,1-2H3,(H,19,22)/t15-/m0/s1. The zero-order chi connectivity index (χ0) is 18.3. The van der Waals surface area contributed by atoms with Crippen molar-refractivity contribution in [3.05, 3.63) is 29.8 Å². The van der Waals surface area contributed by atoms with E-state index in [-0.39, 0.29) is 10.8 Å². The lowest BCUT2D eigenvalue weighted by molar-refractivity contribution is 0.0948. The summed E-state index contributed by atoms with van der Waals surface area (Å²) < 4.78 is 26.2. The van der Waals surface area contributed by atoms with Crippen molar-refractivity contribution in [3.8, 4) is 0 Å². The van der Waals surface area contributed by atoms with Crippen LogP contribution >= 0.6 is 0 Å². The number of benzene rings is 1. The number of likely N-dealkylation sites (tertiary alicyclic amines) is 1. The Morgan fingerprint density at radius 3 is 2.60 bits per heavy atom. The Balaban J connectivity index is 1.79. The molecule has 1 aliphatic heterocycles. The highest BCUT2D eigenvalue weighted by Crippen LogP contribution is 2.16. The Bertz CT molecular complexity index is 659. The summed E-state index contributed by atoms with van der Waals surface area (Å²) in [4.78, 5) is 14.8. The lowest BCUT2D eigenvalue weighted by Crippen LogP contribution is -2.39. The molecule has 0 aromatic heterocycles. The van der Waals surface area contributed by atoms with Gasteiger partial charge in [0, 0.05) is 31.2 Å². The SMILES string of the molecule is CCNS(=O)(=O)c1ccc(C(=O)NCCCN2CCCC[C@@H]2C)cc1. The van der Waals surface area contributed by atoms with E-state index in [9.17, 15) is 13.2 Å². The maximum Gasteiger partial charge on any atom is 0.251 e. The molecular formula is C18H29N3O3S. The molecule has 1 aromatic rings. The second-order valence-corrected chi connectivity index (χ2v) is 8.28. The molecule has 1 fully saturated rings. The number of nitrogens with one attached hydrogen (secondary N) is 2. The third-order valence-corrected chi connectivity index (χ3v) is 6.17. The number of hydrogen-bond acceptors (Lipinski definition) is 4. The Kier molecular flexibility index (Phi) is 7.40. The maximum atomic E-state index is 12.2. The third kappa shape index (κ3) is 5.80. The predicted molar refractivity (Wildman–Crippen MR) is 99.1 cm³/mol. The molecule has 0 spiro atoms. The van der Waals surface area contributed by atoms with Crippen molar-refractivity contribution in [1.82, 2.24) is 14.9 Å². The van der Waals surface area contributed by atoms with Gasteiger partial charge in [-0.25, -0.2) is 13.1 Å². The molecule has 1 aliphatic rings. The van der Waals surface area contributed by atoms with Gasteiger partial charge in [-0.1, -0.05) is 13.3 Å². The Morgan fingerprint density at radius 2 is 1.96 bits per heavy atom. The van der Waals surface area contributed by atoms with Gasteiger partial charge in [-0.05, 0) is 57.0 Å². The number of hydrogen-bond donors (Lipinski definition) is 2. The Hall–Kier alpha value is -1.44. The van der Waals surface area contributed by atoms with E-state index in [1.807, 2.05) is 0 Å². The summed E-state index contributed by atoms with van der Waals surface area (Å²) in [5.74, 6) is -0.168. The van der Waals surface area contributed by atoms with Gasteiger partial charge in [0.2, 0.25) is 10.0 Å². The van der Waals surface area contributed by atoms with Crippen LogP contribution in [-0.4, -0.2) is 51.4 Å². The molecule has 0 radical (unpaired) electrons. The van der Waals surface area contributed by atoms with Gasteiger partial charge in [0.15, 0.2) is 0 Å². The molecule has 1 amide bonds. The Morgan fingerprint density at radius 1 is 1.24 bits per heavy atom. The normalized spacial score (nSPS) is 18.9. The average Bonchev–Trinajstić information content (AvgIpc) is 2.60. The topological polar surface area (TPSA) is 78.5 Å². The highest BCUT2D eigenvalue weighted by molar-refractivity contribution is 7.89. The fourth-order valence-electron chi connectivity index (χ4n) is 3.13. The molecule has 1 aromatic carbocycles. The molecule has 2 N–H and O–H groups in total. The number of sulfonamides is 1. The minimum absolute atomic E-state index is 0.168. The molecule has 6 nitrogen and oxygen atoms in total. The Labute approximate surface area is 151 Å². The lowest BCUT2D eigenvalue weighted by Gasteiger charge is -2.33. The molecule has 140 valence electrons. The van der Waals surface area contributed by atoms with Gasteiger partial charge in [0.05, 0.1) is 4.90 Å². The molecular weight excluding hydrogens is 338 g/mol. The summed E-state index contributed by atoms with van der Waals surface area (Å²) in [6.07, 6.45) is 4.75. The van der Waals surface area contributed by atoms with Gasteiger partial charge < -0.3 is 10.2 Å². The number of amides is 1. The molecule has 0 unspecified atom stereocenters. The van der Waals surface area contributed by atoms with Gasteiger partial charge in [0.1, 0.15) is 0 Å². The van der Waals surface area contributed by atoms with E-state index >= 15 is 0 Å². The molecule has 0 saturated carbocycles. The van der Waals surface area contributed by atoms with Crippen LogP contribution < -0.4 is 10.0 Å². The summed E-state index contributed by atoms with van der Waals surface area (Å²) in [5, 5.41) is 2.91. The minimum Gasteiger partial charge on any atom is -0.352 e. The molecule has 0 aliphatic carbocycles. The van der Waals surface area contributed by atoms with Crippen LogP contribution in [-0.2, 0) is 10.0 Å². The lowest BCUT2D eigenvalue weighted by atomic mass is 10.0. The highest BCUT2D eigenvalue weighted by Gasteiger charge is 2.17. The van der Waals surface area contributed by atoms with Crippen LogP contribution in [0.4, 0.5) is 0 Å². The van der Waals surface area contributed by atoms with Crippen molar-refractivity contribution in [2.24, 2.45) is 0 Å². The minimum atomic E-state index is -3.48. The number of carbonyl (C=O) groups excluding carboxylic acids is 1. The zero-order valence-corrected chi connectivity index (χ0v) is 15.9. The smallest absolute Gasteiger partial charge is 0.251 e. The van der Waals surface area contributed by atoms with Crippen molar-refractivity contribution in [2.45, 2.75) is 50.5 Å². The van der Waals surface area contributed by atoms with Gasteiger partial charge in [-0.3, -0.25) is 4.79 Å². The zero-order valence-electron chi connectivity index (χ0n) is 15.1. The summed E-state index contributed by atoms with van der Waals surface area (Å²) in [6, 6.07) is 6.65. The molecule has 1 atom stereocenters. The van der Waals surface area contributed by atoms with Crippen LogP contribution in [0.15, 0.2) is 29.2 Å². The number of carbonyl (C=O) groups is 1. The summed E-state index contributed by atoms with van der Waals surface area (Å²) in [7, 11) is -3.48. The fraction of sp³-hybridized carbons (Fsp3) is 0.611. The van der Waals surface area contributed by atoms with Crippen molar-refractivity contribution < 1.29 is 13.2 Å². The molecule has 25 heavy (non-hydrogen) atoms. The van der Waals surface area contributed by atoms with Gasteiger partial charge in [-0.15, -0.1) is 0 Å². The van der Waals surface area contributed by atoms with Crippen LogP contribution in [0.1, 0.15) is 49.9 Å². The first kappa shape index (κ1) is 19.9. The molecule has 1 heterocycles. The van der Waals surface area contributed by atoms with E-state index in [1.54, 1.807) is 19.1 Å². The quantitative estimate of drug-likeness (QED) is 0.689. The van der Waals surface area contributed by atoms with Crippen LogP contribution in [0.5, 0.6) is 0 Å². The van der Waals surface area contributed by atoms with Gasteiger partial charge >= 0.3 is 0 Å². The predicted octanol–water partition coefficient (Wildman–Crippen LogP) is 1.98. The number of nitrogens with zero attached hydrogens (tertiary/aromatic N) is 1. The van der Waals surface area contributed by atoms with Gasteiger partial charge in [0.25, 0.3) is 5.91 Å². The third-order valence-electron chi connectivity index (χ3n) is 4.61. The first-order chi connectivity index (χ1) is 11.9. The largest absolute Gasteiger partial charge is 0.352 e. The van der Waals surface area contributed by atoms with Crippen LogP contribution in [0.3, 0.4) is 0 Å². The molecule has 1 saturated heterocycles. The van der Waals surface area contributed by atoms with Gasteiger partial charge in [-0.2, -0.15) is 0 Å². The molecule has 2 rings (SSSR count). The highest BCUT2D eigenvalue weighted by atomic mass is 32.2. The second kappa shape index (κ2) is 9.31. The maximum absolute atomic E-state index is 12.2. The van der Waals surface area contributed by atoms with Crippen LogP contribution in [0, 0.1) is 0 Å². The van der Waals surface area contributed by atoms with Crippen molar-refractivity contribution in [2.75, 3.05) is 26.2 Å². The first-order valence-corrected chi connectivity index (χ1v) is 10.5. The average molecular weight is 368 g/mol. The van der Waals surface area contributed by atoms with Crippen molar-refractivity contribution in [1.29, 1.82) is 0 Å². The van der Waals surface area contributed by atoms with Crippen molar-refractivity contribution >= 4 is 15.9 Å². The summed E-state index contributed by atoms with van der Waals surface area (Å²) >= 11 is 0. The molecule has 7 heteroatoms. The van der Waals surface area contributed by atoms with E-state index in [1.165, 1.54) is 31.4 Å². The number of piperidine rings is 1. The fourth-order valence-corrected chi connectivity index (χ4v) is 4.18.